The van der Waals surface area contributed by atoms with Gasteiger partial charge in [-0.1, -0.05) is 39.0 Å². The summed E-state index contributed by atoms with van der Waals surface area (Å²) in [5.41, 5.74) is 2.17. The Balaban J connectivity index is 1.60. The molecule has 0 saturated carbocycles. The van der Waals surface area contributed by atoms with Gasteiger partial charge >= 0.3 is 0 Å². The summed E-state index contributed by atoms with van der Waals surface area (Å²) in [5, 5.41) is 0. The molecule has 1 unspecified atom stereocenters. The first kappa shape index (κ1) is 26.5. The third-order valence-electron chi connectivity index (χ3n) is 6.72. The molecule has 0 saturated heterocycles. The maximum Gasteiger partial charge on any atom is 0.289 e. The highest BCUT2D eigenvalue weighted by molar-refractivity contribution is 5.91. The monoisotopic (exact) mass is 506 g/mol. The van der Waals surface area contributed by atoms with Crippen molar-refractivity contribution >= 4 is 11.8 Å². The maximum absolute atomic E-state index is 14.2. The van der Waals surface area contributed by atoms with Gasteiger partial charge in [0.15, 0.2) is 5.76 Å². The molecule has 0 spiro atoms. The Hall–Kier alpha value is -3.61. The van der Waals surface area contributed by atoms with E-state index >= 15 is 0 Å². The molecule has 37 heavy (non-hydrogen) atoms. The molecule has 2 aromatic carbocycles. The van der Waals surface area contributed by atoms with Gasteiger partial charge in [-0.2, -0.15) is 0 Å². The highest BCUT2D eigenvalue weighted by Crippen LogP contribution is 2.39. The lowest BCUT2D eigenvalue weighted by molar-refractivity contribution is -0.141. The lowest BCUT2D eigenvalue weighted by Gasteiger charge is -2.41. The summed E-state index contributed by atoms with van der Waals surface area (Å²) < 4.78 is 26.0. The van der Waals surface area contributed by atoms with Gasteiger partial charge in [0.2, 0.25) is 5.91 Å². The number of ether oxygens (including phenoxy) is 1. The molecule has 0 radical (unpaired) electrons. The predicted octanol–water partition coefficient (Wildman–Crippen LogP) is 6.00. The van der Waals surface area contributed by atoms with E-state index in [2.05, 4.69) is 0 Å². The van der Waals surface area contributed by atoms with Crippen LogP contribution in [0.15, 0.2) is 59.0 Å². The summed E-state index contributed by atoms with van der Waals surface area (Å²) in [4.78, 5) is 29.5. The summed E-state index contributed by atoms with van der Waals surface area (Å²) in [6.45, 7) is 11.5. The number of rotatable bonds is 7. The van der Waals surface area contributed by atoms with Crippen LogP contribution in [0.5, 0.6) is 5.75 Å². The van der Waals surface area contributed by atoms with E-state index in [4.69, 9.17) is 9.15 Å². The van der Waals surface area contributed by atoms with Gasteiger partial charge in [0.25, 0.3) is 5.91 Å². The number of hydrogen-bond acceptors (Lipinski definition) is 4. The van der Waals surface area contributed by atoms with Crippen LogP contribution in [0.25, 0.3) is 0 Å². The van der Waals surface area contributed by atoms with Crippen molar-refractivity contribution in [1.29, 1.82) is 0 Å². The number of nitrogens with zero attached hydrogens (tertiary/aromatic N) is 2. The minimum atomic E-state index is -0.573. The van der Waals surface area contributed by atoms with E-state index in [-0.39, 0.29) is 30.0 Å². The first-order valence-electron chi connectivity index (χ1n) is 12.8. The molecule has 7 heteroatoms. The minimum absolute atomic E-state index is 0.0136. The molecule has 1 aliphatic heterocycles. The zero-order valence-corrected chi connectivity index (χ0v) is 22.2. The number of hydrogen-bond donors (Lipinski definition) is 0. The highest BCUT2D eigenvalue weighted by atomic mass is 19.1. The molecule has 2 heterocycles. The van der Waals surface area contributed by atoms with Crippen LogP contribution in [0.3, 0.4) is 0 Å². The second kappa shape index (κ2) is 10.8. The van der Waals surface area contributed by atoms with Crippen LogP contribution in [0.2, 0.25) is 0 Å². The second-order valence-corrected chi connectivity index (χ2v) is 10.3. The third kappa shape index (κ3) is 5.71. The van der Waals surface area contributed by atoms with Crippen molar-refractivity contribution in [2.24, 2.45) is 5.41 Å². The van der Waals surface area contributed by atoms with Crippen molar-refractivity contribution in [2.45, 2.75) is 53.7 Å². The average molecular weight is 507 g/mol. The van der Waals surface area contributed by atoms with Crippen molar-refractivity contribution in [3.63, 3.8) is 0 Å². The van der Waals surface area contributed by atoms with Gasteiger partial charge in [-0.25, -0.2) is 4.39 Å². The predicted molar refractivity (Wildman–Crippen MR) is 140 cm³/mol. The van der Waals surface area contributed by atoms with Crippen LogP contribution in [-0.2, 0) is 17.8 Å². The molecule has 1 aromatic heterocycles. The van der Waals surface area contributed by atoms with Gasteiger partial charge in [0, 0.05) is 25.0 Å². The van der Waals surface area contributed by atoms with E-state index in [0.29, 0.717) is 37.6 Å². The van der Waals surface area contributed by atoms with E-state index in [0.717, 1.165) is 16.7 Å². The summed E-state index contributed by atoms with van der Waals surface area (Å²) in [7, 11) is 0. The van der Waals surface area contributed by atoms with Crippen LogP contribution >= 0.6 is 0 Å². The molecule has 0 N–H and O–H groups in total. The molecular formula is C30H35FN2O4. The zero-order chi connectivity index (χ0) is 26.7. The Morgan fingerprint density at radius 2 is 1.84 bits per heavy atom. The molecule has 4 rings (SSSR count). The van der Waals surface area contributed by atoms with E-state index in [1.807, 2.05) is 63.8 Å². The van der Waals surface area contributed by atoms with Crippen LogP contribution in [0.4, 0.5) is 4.39 Å². The fraction of sp³-hybridized carbons (Fsp3) is 0.400. The zero-order valence-electron chi connectivity index (χ0n) is 22.2. The number of carbonyl (C=O) groups excluding carboxylic acids is 2. The van der Waals surface area contributed by atoms with E-state index in [9.17, 15) is 14.0 Å². The third-order valence-corrected chi connectivity index (χ3v) is 6.72. The molecule has 6 nitrogen and oxygen atoms in total. The fourth-order valence-electron chi connectivity index (χ4n) is 4.76. The quantitative estimate of drug-likeness (QED) is 0.394. The molecule has 0 aliphatic carbocycles. The lowest BCUT2D eigenvalue weighted by Crippen LogP contribution is -2.45. The number of carbonyl (C=O) groups is 2. The first-order chi connectivity index (χ1) is 17.6. The van der Waals surface area contributed by atoms with Gasteiger partial charge in [0.05, 0.1) is 6.04 Å². The number of amides is 2. The van der Waals surface area contributed by atoms with Gasteiger partial charge in [-0.05, 0) is 73.4 Å². The average Bonchev–Trinajstić information content (AvgIpc) is 3.35. The van der Waals surface area contributed by atoms with Gasteiger partial charge in [-0.15, -0.1) is 0 Å². The van der Waals surface area contributed by atoms with Crippen LogP contribution in [0.1, 0.15) is 73.7 Å². The van der Waals surface area contributed by atoms with E-state index < -0.39 is 11.5 Å². The first-order valence-corrected chi connectivity index (χ1v) is 12.8. The molecule has 196 valence electrons. The number of halogens is 1. The fourth-order valence-corrected chi connectivity index (χ4v) is 4.76. The number of furan rings is 1. The Labute approximate surface area is 218 Å². The maximum atomic E-state index is 14.2. The SMILES string of the molecule is CCN(CC)C(=O)c1ccc(COc2ccc3c(c2)C(c2cccc(F)c2)N(C(=O)C(C)(C)C)CC3)o1. The Morgan fingerprint density at radius 3 is 2.51 bits per heavy atom. The van der Waals surface area contributed by atoms with Crippen LogP contribution in [0, 0.1) is 11.2 Å². The normalized spacial score (nSPS) is 15.3. The van der Waals surface area contributed by atoms with Crippen molar-refractivity contribution in [2.75, 3.05) is 19.6 Å². The van der Waals surface area contributed by atoms with Crippen LogP contribution in [-0.4, -0.2) is 41.2 Å². The molecular weight excluding hydrogens is 471 g/mol. The molecule has 1 atom stereocenters. The Morgan fingerprint density at radius 1 is 1.08 bits per heavy atom. The number of benzene rings is 2. The van der Waals surface area contributed by atoms with Crippen molar-refractivity contribution in [3.05, 3.63) is 88.6 Å². The van der Waals surface area contributed by atoms with Crippen molar-refractivity contribution in [3.8, 4) is 5.75 Å². The van der Waals surface area contributed by atoms with Gasteiger partial charge < -0.3 is 19.0 Å². The minimum Gasteiger partial charge on any atom is -0.486 e. The second-order valence-electron chi connectivity index (χ2n) is 10.3. The Bertz CT molecular complexity index is 1270. The summed E-state index contributed by atoms with van der Waals surface area (Å²) >= 11 is 0. The van der Waals surface area contributed by atoms with Gasteiger partial charge in [-0.3, -0.25) is 9.59 Å². The molecule has 2 amide bonds. The van der Waals surface area contributed by atoms with E-state index in [1.54, 1.807) is 23.1 Å². The van der Waals surface area contributed by atoms with Gasteiger partial charge in [0.1, 0.15) is 23.9 Å². The topological polar surface area (TPSA) is 63.0 Å². The highest BCUT2D eigenvalue weighted by Gasteiger charge is 2.37. The molecule has 0 fully saturated rings. The smallest absolute Gasteiger partial charge is 0.289 e. The standard InChI is InChI=1S/C30H35FN2O4/c1-6-32(7-2)28(34)26-14-13-24(37-26)19-36-23-12-11-20-15-16-33(29(35)30(3,4)5)27(25(20)18-23)21-9-8-10-22(31)17-21/h8-14,17-18,27H,6-7,15-16,19H2,1-5H3. The lowest BCUT2D eigenvalue weighted by atomic mass is 9.85. The largest absolute Gasteiger partial charge is 0.486 e. The van der Waals surface area contributed by atoms with E-state index in [1.165, 1.54) is 12.1 Å². The van der Waals surface area contributed by atoms with Crippen molar-refractivity contribution in [1.82, 2.24) is 9.80 Å². The molecule has 3 aromatic rings. The van der Waals surface area contributed by atoms with Crippen LogP contribution < -0.4 is 4.74 Å². The summed E-state index contributed by atoms with van der Waals surface area (Å²) in [6, 6.07) is 15.3. The molecule has 0 bridgehead atoms. The Kier molecular flexibility index (Phi) is 7.71. The molecule has 1 aliphatic rings. The summed E-state index contributed by atoms with van der Waals surface area (Å²) in [6.07, 6.45) is 0.707. The van der Waals surface area contributed by atoms with Crippen molar-refractivity contribution < 1.29 is 23.1 Å². The summed E-state index contributed by atoms with van der Waals surface area (Å²) in [5.74, 6) is 0.965. The number of fused-ring (bicyclic) bond motifs is 1.